The summed E-state index contributed by atoms with van der Waals surface area (Å²) in [4.78, 5) is 16.3. The summed E-state index contributed by atoms with van der Waals surface area (Å²) in [6, 6.07) is 13.9. The Labute approximate surface area is 161 Å². The molecule has 144 valence electrons. The van der Waals surface area contributed by atoms with Crippen molar-refractivity contribution in [2.75, 3.05) is 7.05 Å². The van der Waals surface area contributed by atoms with E-state index in [9.17, 15) is 13.6 Å². The summed E-state index contributed by atoms with van der Waals surface area (Å²) in [7, 11) is 1.76. The Balaban J connectivity index is 1.99. The maximum atomic E-state index is 13.6. The SMILES string of the molecule is CNC(Cc1cc(F)cc(F)c1)c1ncccc1-c1cccc(C(=O)NN)c1. The number of amides is 1. The molecule has 0 spiro atoms. The lowest BCUT2D eigenvalue weighted by Crippen LogP contribution is -2.29. The van der Waals surface area contributed by atoms with E-state index in [4.69, 9.17) is 5.84 Å². The number of halogens is 2. The van der Waals surface area contributed by atoms with Gasteiger partial charge in [-0.2, -0.15) is 0 Å². The number of likely N-dealkylation sites (N-methyl/N-ethyl adjacent to an activating group) is 1. The van der Waals surface area contributed by atoms with Gasteiger partial charge in [0.05, 0.1) is 11.7 Å². The molecule has 0 fully saturated rings. The van der Waals surface area contributed by atoms with Gasteiger partial charge >= 0.3 is 0 Å². The molecule has 2 aromatic carbocycles. The number of carbonyl (C=O) groups excluding carboxylic acids is 1. The molecule has 28 heavy (non-hydrogen) atoms. The largest absolute Gasteiger partial charge is 0.311 e. The number of rotatable bonds is 6. The smallest absolute Gasteiger partial charge is 0.265 e. The summed E-state index contributed by atoms with van der Waals surface area (Å²) < 4.78 is 27.1. The monoisotopic (exact) mass is 382 g/mol. The predicted octanol–water partition coefficient (Wildman–Crippen LogP) is 3.13. The topological polar surface area (TPSA) is 80.0 Å². The van der Waals surface area contributed by atoms with Gasteiger partial charge in [-0.1, -0.05) is 18.2 Å². The molecule has 1 amide bonds. The van der Waals surface area contributed by atoms with Gasteiger partial charge in [0.1, 0.15) is 11.6 Å². The van der Waals surface area contributed by atoms with Crippen molar-refractivity contribution in [3.63, 3.8) is 0 Å². The molecule has 7 heteroatoms. The predicted molar refractivity (Wildman–Crippen MR) is 103 cm³/mol. The second-order valence-corrected chi connectivity index (χ2v) is 6.31. The van der Waals surface area contributed by atoms with E-state index in [1.165, 1.54) is 12.1 Å². The molecule has 0 saturated carbocycles. The van der Waals surface area contributed by atoms with Gasteiger partial charge in [-0.3, -0.25) is 15.2 Å². The molecule has 0 bridgehead atoms. The molecule has 0 aliphatic rings. The van der Waals surface area contributed by atoms with Crippen LogP contribution < -0.4 is 16.6 Å². The first-order chi connectivity index (χ1) is 13.5. The quantitative estimate of drug-likeness (QED) is 0.348. The zero-order valence-corrected chi connectivity index (χ0v) is 15.2. The molecule has 5 nitrogen and oxygen atoms in total. The zero-order chi connectivity index (χ0) is 20.1. The number of pyridine rings is 1. The van der Waals surface area contributed by atoms with Crippen molar-refractivity contribution in [3.05, 3.63) is 89.2 Å². The molecule has 1 unspecified atom stereocenters. The third-order valence-corrected chi connectivity index (χ3v) is 4.45. The van der Waals surface area contributed by atoms with Gasteiger partial charge in [0.15, 0.2) is 0 Å². The van der Waals surface area contributed by atoms with Crippen LogP contribution in [-0.2, 0) is 6.42 Å². The van der Waals surface area contributed by atoms with E-state index in [1.807, 2.05) is 12.1 Å². The molecule has 0 radical (unpaired) electrons. The van der Waals surface area contributed by atoms with Crippen molar-refractivity contribution in [3.8, 4) is 11.1 Å². The van der Waals surface area contributed by atoms with Crippen LogP contribution in [0.1, 0.15) is 27.7 Å². The molecule has 0 saturated heterocycles. The Kier molecular flexibility index (Phi) is 6.08. The number of hydrazine groups is 1. The van der Waals surface area contributed by atoms with Gasteiger partial charge < -0.3 is 5.32 Å². The lowest BCUT2D eigenvalue weighted by Gasteiger charge is -2.19. The minimum Gasteiger partial charge on any atom is -0.311 e. The highest BCUT2D eigenvalue weighted by molar-refractivity contribution is 5.95. The number of benzene rings is 2. The molecule has 4 N–H and O–H groups in total. The van der Waals surface area contributed by atoms with E-state index in [1.54, 1.807) is 37.5 Å². The van der Waals surface area contributed by atoms with Crippen molar-refractivity contribution >= 4 is 5.91 Å². The van der Waals surface area contributed by atoms with Crippen molar-refractivity contribution in [1.29, 1.82) is 0 Å². The Morgan fingerprint density at radius 1 is 1.11 bits per heavy atom. The number of nitrogen functional groups attached to an aromatic ring is 1. The molecule has 1 heterocycles. The minimum atomic E-state index is -0.619. The molecule has 3 aromatic rings. The maximum absolute atomic E-state index is 13.6. The average molecular weight is 382 g/mol. The summed E-state index contributed by atoms with van der Waals surface area (Å²) in [5.74, 6) is 3.59. The normalized spacial score (nSPS) is 11.9. The fourth-order valence-electron chi connectivity index (χ4n) is 3.15. The van der Waals surface area contributed by atoms with Crippen molar-refractivity contribution < 1.29 is 13.6 Å². The summed E-state index contributed by atoms with van der Waals surface area (Å²) >= 11 is 0. The lowest BCUT2D eigenvalue weighted by molar-refractivity contribution is 0.0953. The summed E-state index contributed by atoms with van der Waals surface area (Å²) in [5, 5.41) is 3.16. The third kappa shape index (κ3) is 4.39. The van der Waals surface area contributed by atoms with Gasteiger partial charge in [0.2, 0.25) is 0 Å². The molecule has 1 aromatic heterocycles. The molecule has 0 aliphatic carbocycles. The Hall–Kier alpha value is -3.16. The van der Waals surface area contributed by atoms with Crippen LogP contribution in [0.2, 0.25) is 0 Å². The second-order valence-electron chi connectivity index (χ2n) is 6.31. The van der Waals surface area contributed by atoms with Crippen LogP contribution in [0.25, 0.3) is 11.1 Å². The van der Waals surface area contributed by atoms with E-state index in [0.717, 1.165) is 17.2 Å². The van der Waals surface area contributed by atoms with Gasteiger partial charge in [0, 0.05) is 23.4 Å². The first-order valence-corrected chi connectivity index (χ1v) is 8.70. The second kappa shape index (κ2) is 8.69. The van der Waals surface area contributed by atoms with Crippen LogP contribution >= 0.6 is 0 Å². The minimum absolute atomic E-state index is 0.288. The van der Waals surface area contributed by atoms with E-state index >= 15 is 0 Å². The van der Waals surface area contributed by atoms with Crippen LogP contribution in [0, 0.1) is 11.6 Å². The number of nitrogens with one attached hydrogen (secondary N) is 2. The van der Waals surface area contributed by atoms with Crippen LogP contribution in [0.15, 0.2) is 60.8 Å². The summed E-state index contributed by atoms with van der Waals surface area (Å²) in [6.45, 7) is 0. The average Bonchev–Trinajstić information content (AvgIpc) is 2.71. The fourth-order valence-corrected chi connectivity index (χ4v) is 3.15. The first kappa shape index (κ1) is 19.6. The third-order valence-electron chi connectivity index (χ3n) is 4.45. The van der Waals surface area contributed by atoms with E-state index in [-0.39, 0.29) is 6.04 Å². The highest BCUT2D eigenvalue weighted by Gasteiger charge is 2.18. The van der Waals surface area contributed by atoms with Gasteiger partial charge in [-0.15, -0.1) is 0 Å². The van der Waals surface area contributed by atoms with E-state index in [2.05, 4.69) is 15.7 Å². The Morgan fingerprint density at radius 3 is 2.54 bits per heavy atom. The molecular weight excluding hydrogens is 362 g/mol. The van der Waals surface area contributed by atoms with Crippen molar-refractivity contribution in [2.45, 2.75) is 12.5 Å². The van der Waals surface area contributed by atoms with Gasteiger partial charge in [-0.05, 0) is 54.9 Å². The van der Waals surface area contributed by atoms with Crippen molar-refractivity contribution in [2.24, 2.45) is 5.84 Å². The molecular formula is C21H20F2N4O. The number of hydrogen-bond acceptors (Lipinski definition) is 4. The summed E-state index contributed by atoms with van der Waals surface area (Å²) in [5.41, 5.74) is 5.36. The highest BCUT2D eigenvalue weighted by atomic mass is 19.1. The number of aromatic nitrogens is 1. The summed E-state index contributed by atoms with van der Waals surface area (Å²) in [6.07, 6.45) is 2.00. The van der Waals surface area contributed by atoms with E-state index < -0.39 is 17.5 Å². The first-order valence-electron chi connectivity index (χ1n) is 8.70. The maximum Gasteiger partial charge on any atom is 0.265 e. The lowest BCUT2D eigenvalue weighted by atomic mass is 9.94. The van der Waals surface area contributed by atoms with Gasteiger partial charge in [-0.25, -0.2) is 14.6 Å². The number of hydrogen-bond donors (Lipinski definition) is 3. The van der Waals surface area contributed by atoms with Crippen LogP contribution in [0.5, 0.6) is 0 Å². The van der Waals surface area contributed by atoms with Crippen LogP contribution in [0.3, 0.4) is 0 Å². The highest BCUT2D eigenvalue weighted by Crippen LogP contribution is 2.29. The standard InChI is InChI=1S/C21H20F2N4O/c1-25-19(10-13-8-16(22)12-17(23)9-13)20-18(6-3-7-26-20)14-4-2-5-15(11-14)21(28)27-24/h2-9,11-12,19,25H,10,24H2,1H3,(H,27,28). The Bertz CT molecular complexity index is 973. The number of nitrogens with zero attached hydrogens (tertiary/aromatic N) is 1. The molecule has 0 aliphatic heterocycles. The zero-order valence-electron chi connectivity index (χ0n) is 15.2. The number of carbonyl (C=O) groups is 1. The molecule has 3 rings (SSSR count). The van der Waals surface area contributed by atoms with Crippen LogP contribution in [0.4, 0.5) is 8.78 Å². The van der Waals surface area contributed by atoms with Crippen molar-refractivity contribution in [1.82, 2.24) is 15.7 Å². The number of nitrogens with two attached hydrogens (primary N) is 1. The Morgan fingerprint density at radius 2 is 1.86 bits per heavy atom. The molecule has 1 atom stereocenters. The van der Waals surface area contributed by atoms with Gasteiger partial charge in [0.25, 0.3) is 5.91 Å². The van der Waals surface area contributed by atoms with E-state index in [0.29, 0.717) is 23.2 Å². The fraction of sp³-hybridized carbons (Fsp3) is 0.143. The van der Waals surface area contributed by atoms with Crippen LogP contribution in [-0.4, -0.2) is 17.9 Å².